The number of amides is 6. The summed E-state index contributed by atoms with van der Waals surface area (Å²) >= 11 is 12.1. The average Bonchev–Trinajstić information content (AvgIpc) is 0.751. The molecule has 4 saturated heterocycles. The third-order valence-corrected chi connectivity index (χ3v) is 19.7. The van der Waals surface area contributed by atoms with E-state index in [1.807, 2.05) is 27.7 Å². The molecule has 580 valence electrons. The molecule has 0 saturated carbocycles. The number of pyridine rings is 4. The lowest BCUT2D eigenvalue weighted by molar-refractivity contribution is -0.143. The number of aromatic carboxylic acids is 2. The zero-order valence-electron chi connectivity index (χ0n) is 59.0. The van der Waals surface area contributed by atoms with Crippen molar-refractivity contribution in [3.63, 3.8) is 0 Å². The monoisotopic (exact) mass is 1560 g/mol. The van der Waals surface area contributed by atoms with Gasteiger partial charge in [0.2, 0.25) is 16.3 Å². The van der Waals surface area contributed by atoms with Gasteiger partial charge in [0.25, 0.3) is 35.4 Å². The Kier molecular flexibility index (Phi) is 24.9. The number of Topliss-reactive ketones (excluding diaryl/α,β-unsaturated/α-hetero) is 1. The van der Waals surface area contributed by atoms with E-state index >= 15 is 0 Å². The van der Waals surface area contributed by atoms with Crippen molar-refractivity contribution in [3.8, 4) is 5.75 Å². The molecule has 8 aliphatic heterocycles. The predicted molar refractivity (Wildman–Crippen MR) is 371 cm³/mol. The van der Waals surface area contributed by atoms with Crippen LogP contribution in [-0.2, 0) is 72.5 Å². The second-order valence-corrected chi connectivity index (χ2v) is 27.0. The number of carbonyl (C=O) groups excluding carboxylic acids is 8. The standard InChI is InChI=1S/C20H18ClF2N3O4.C20H19F2N3O5.C13H13ClN2O5.C13H14N2O5.C5H8O3/c1-10-4-5-30-15-9-25-8-13(18(27)16(21)17(25)20(29)26(10)15)19(28)24-7-11-2-3-12(22)6-14(11)23;1-10-4-5-30-15-9-24-8-13(17(26)18(27)16(24)20(29)25(10)15)19(28)23-7-11-2-3-12(21)6-14(11)22;1-6-2-3-21-8-5-15-4-7(13(19)20)11(17)9(14)10(15)12(18)16(6)8;1-7-2-3-20-11-6-14-5-8(13(18)19)10(16)4-9(14)12(17)15(7)11;1-4(6)3-5(7)8-2/h2-3,6,8,10,15H,4-5,7,9H2,1H3,(H,24,28);2-3,6,8,10,15,27H,4-5,7,9H2,1H3,(H,23,28);4,6,8H,2-3,5H2,1H3,(H,19,20);4-5,7,11H,2-3,6H2,1H3,(H,18,19);3H2,1-2H3/t2*10-,15+;6-,8+;7-,11+;/m1111./s1. The highest BCUT2D eigenvalue weighted by Crippen LogP contribution is 2.33. The summed E-state index contributed by atoms with van der Waals surface area (Å²) in [6.45, 7) is 11.4. The predicted octanol–water partition coefficient (Wildman–Crippen LogP) is 4.72. The number of methoxy groups -OCH3 is 1. The summed E-state index contributed by atoms with van der Waals surface area (Å²) in [4.78, 5) is 173. The molecule has 8 atom stereocenters. The normalized spacial score (nSPS) is 21.2. The highest BCUT2D eigenvalue weighted by Gasteiger charge is 2.45. The Bertz CT molecular complexity index is 4800. The Hall–Kier alpha value is -10.9. The van der Waals surface area contributed by atoms with Gasteiger partial charge in [-0.15, -0.1) is 0 Å². The molecule has 109 heavy (non-hydrogen) atoms. The zero-order chi connectivity index (χ0) is 79.5. The number of halogens is 6. The lowest BCUT2D eigenvalue weighted by Crippen LogP contribution is -2.57. The lowest BCUT2D eigenvalue weighted by atomic mass is 10.1. The van der Waals surface area contributed by atoms with Crippen LogP contribution in [-0.4, -0.2) is 195 Å². The number of ether oxygens (including phenoxy) is 5. The van der Waals surface area contributed by atoms with E-state index in [1.54, 1.807) is 14.7 Å². The maximum absolute atomic E-state index is 13.8. The van der Waals surface area contributed by atoms with Crippen molar-refractivity contribution in [3.05, 3.63) is 198 Å². The number of nitrogens with zero attached hydrogens (tertiary/aromatic N) is 8. The van der Waals surface area contributed by atoms with Crippen LogP contribution >= 0.6 is 23.2 Å². The minimum absolute atomic E-state index is 0.0106. The Morgan fingerprint density at radius 3 is 1.22 bits per heavy atom. The number of ketones is 1. The molecule has 4 aromatic heterocycles. The van der Waals surface area contributed by atoms with Crippen molar-refractivity contribution in [1.82, 2.24) is 48.5 Å². The maximum Gasteiger partial charge on any atom is 0.341 e. The molecule has 0 unspecified atom stereocenters. The Morgan fingerprint density at radius 1 is 0.495 bits per heavy atom. The molecule has 2 aromatic carbocycles. The number of esters is 1. The molecule has 0 radical (unpaired) electrons. The number of fused-ring (bicyclic) bond motifs is 8. The maximum atomic E-state index is 13.8. The van der Waals surface area contributed by atoms with Gasteiger partial charge in [-0.25, -0.2) is 27.2 Å². The van der Waals surface area contributed by atoms with Gasteiger partial charge in [0.05, 0.1) is 59.7 Å². The van der Waals surface area contributed by atoms with Crippen molar-refractivity contribution in [2.75, 3.05) is 33.5 Å². The van der Waals surface area contributed by atoms with E-state index in [9.17, 15) is 89.8 Å². The summed E-state index contributed by atoms with van der Waals surface area (Å²) in [7, 11) is 1.26. The number of carbonyl (C=O) groups is 10. The molecule has 38 heteroatoms. The Morgan fingerprint density at radius 2 is 0.844 bits per heavy atom. The number of rotatable bonds is 10. The molecule has 8 aliphatic rings. The van der Waals surface area contributed by atoms with Gasteiger partial charge in [0.15, 0.2) is 41.8 Å². The number of aromatic hydroxyl groups is 1. The fourth-order valence-electron chi connectivity index (χ4n) is 13.3. The third-order valence-electron chi connectivity index (χ3n) is 19.0. The minimum Gasteiger partial charge on any atom is -0.503 e. The quantitative estimate of drug-likeness (QED) is 0.0703. The van der Waals surface area contributed by atoms with Gasteiger partial charge >= 0.3 is 17.9 Å². The summed E-state index contributed by atoms with van der Waals surface area (Å²) in [6, 6.07) is 6.83. The van der Waals surface area contributed by atoms with Crippen molar-refractivity contribution in [1.29, 1.82) is 0 Å². The Labute approximate surface area is 624 Å². The highest BCUT2D eigenvalue weighted by atomic mass is 35.5. The molecule has 32 nitrogen and oxygen atoms in total. The summed E-state index contributed by atoms with van der Waals surface area (Å²) in [6.07, 6.45) is 5.52. The van der Waals surface area contributed by atoms with Crippen LogP contribution in [0.25, 0.3) is 0 Å². The molecule has 6 amide bonds. The van der Waals surface area contributed by atoms with Crippen LogP contribution in [0.1, 0.15) is 161 Å². The number of benzene rings is 2. The van der Waals surface area contributed by atoms with Gasteiger partial charge in [-0.05, 0) is 72.4 Å². The molecular weight excluding hydrogens is 1490 g/mol. The van der Waals surface area contributed by atoms with Gasteiger partial charge in [0.1, 0.15) is 84.9 Å². The molecule has 0 bridgehead atoms. The average molecular weight is 1560 g/mol. The van der Waals surface area contributed by atoms with Crippen molar-refractivity contribution >= 4 is 82.3 Å². The lowest BCUT2D eigenvalue weighted by Gasteiger charge is -2.44. The summed E-state index contributed by atoms with van der Waals surface area (Å²) in [5.41, 5.74) is -4.61. The first-order valence-electron chi connectivity index (χ1n) is 33.9. The number of aromatic nitrogens is 4. The first-order chi connectivity index (χ1) is 51.6. The minimum atomic E-state index is -1.37. The molecule has 0 aliphatic carbocycles. The van der Waals surface area contributed by atoms with Crippen molar-refractivity contribution < 1.29 is 105 Å². The molecule has 5 N–H and O–H groups in total. The second kappa shape index (κ2) is 33.7. The molecular formula is C71H72Cl2F4N10O22. The second-order valence-electron chi connectivity index (χ2n) is 26.3. The smallest absolute Gasteiger partial charge is 0.341 e. The molecule has 0 spiro atoms. The van der Waals surface area contributed by atoms with Crippen LogP contribution in [0.2, 0.25) is 10.0 Å². The fraction of sp³-hybridized carbons (Fsp3) is 0.408. The van der Waals surface area contributed by atoms with E-state index in [-0.39, 0.29) is 130 Å². The number of hydrogen-bond acceptors (Lipinski definition) is 20. The Balaban J connectivity index is 0.000000152. The van der Waals surface area contributed by atoms with E-state index in [4.69, 9.17) is 52.4 Å². The van der Waals surface area contributed by atoms with E-state index < -0.39 is 134 Å². The first-order valence-corrected chi connectivity index (χ1v) is 34.7. The van der Waals surface area contributed by atoms with Gasteiger partial charge in [-0.3, -0.25) is 57.5 Å². The van der Waals surface area contributed by atoms with E-state index in [0.29, 0.717) is 64.4 Å². The van der Waals surface area contributed by atoms with Crippen molar-refractivity contribution in [2.24, 2.45) is 0 Å². The van der Waals surface area contributed by atoms with Crippen LogP contribution in [0.5, 0.6) is 5.75 Å². The van der Waals surface area contributed by atoms with Gasteiger partial charge < -0.3 is 87.5 Å². The largest absolute Gasteiger partial charge is 0.503 e. The van der Waals surface area contributed by atoms with Crippen LogP contribution in [0.15, 0.2) is 86.4 Å². The molecule has 4 fully saturated rings. The van der Waals surface area contributed by atoms with Crippen LogP contribution < -0.4 is 32.3 Å². The number of hydrogen-bond donors (Lipinski definition) is 5. The van der Waals surface area contributed by atoms with Gasteiger partial charge in [0, 0.05) is 91.4 Å². The third kappa shape index (κ3) is 17.0. The first kappa shape index (κ1) is 80.6. The van der Waals surface area contributed by atoms with Gasteiger partial charge in [-0.1, -0.05) is 35.3 Å². The van der Waals surface area contributed by atoms with E-state index in [1.165, 1.54) is 67.9 Å². The number of nitrogens with one attached hydrogen (secondary N) is 2. The topological polar surface area (TPSA) is 403 Å². The van der Waals surface area contributed by atoms with Crippen LogP contribution in [0, 0.1) is 23.3 Å². The fourth-order valence-corrected chi connectivity index (χ4v) is 13.8. The van der Waals surface area contributed by atoms with Gasteiger partial charge in [-0.2, -0.15) is 0 Å². The highest BCUT2D eigenvalue weighted by molar-refractivity contribution is 6.34. The van der Waals surface area contributed by atoms with E-state index in [2.05, 4.69) is 15.4 Å². The van der Waals surface area contributed by atoms with Crippen LogP contribution in [0.4, 0.5) is 17.6 Å². The SMILES string of the molecule is COC(=O)CC(C)=O.C[C@@H]1CCO[C@H]2Cn3cc(C(=O)NCc4ccc(F)cc4F)c(=O)c(Cl)c3C(=O)N12.C[C@@H]1CCO[C@H]2Cn3cc(C(=O)NCc4ccc(F)cc4F)c(=O)c(O)c3C(=O)N12.C[C@@H]1CCO[C@H]2Cn3cc(C(=O)O)c(=O)c(Cl)c3C(=O)N12.C[C@@H]1CCO[C@H]2Cn3cc(C(=O)O)c(=O)cc3C(=O)N12. The molecule has 14 rings (SSSR count). The summed E-state index contributed by atoms with van der Waals surface area (Å²) in [5, 5.41) is 32.5. The van der Waals surface area contributed by atoms with Crippen LogP contribution in [0.3, 0.4) is 0 Å². The molecule has 6 aromatic rings. The number of carboxylic acids is 2. The zero-order valence-corrected chi connectivity index (χ0v) is 60.5. The summed E-state index contributed by atoms with van der Waals surface area (Å²) in [5.74, 6) is -10.6. The number of carboxylic acid groups (broad SMARTS) is 2. The molecule has 12 heterocycles. The van der Waals surface area contributed by atoms with Crippen molar-refractivity contribution in [2.45, 2.75) is 155 Å². The van der Waals surface area contributed by atoms with E-state index in [0.717, 1.165) is 30.8 Å². The summed E-state index contributed by atoms with van der Waals surface area (Å²) < 4.78 is 85.8.